The molecule has 0 unspecified atom stereocenters. The molecule has 2 aromatic carbocycles. The van der Waals surface area contributed by atoms with Crippen molar-refractivity contribution in [1.29, 1.82) is 0 Å². The second-order valence-corrected chi connectivity index (χ2v) is 5.64. The summed E-state index contributed by atoms with van der Waals surface area (Å²) in [6.07, 6.45) is 0. The summed E-state index contributed by atoms with van der Waals surface area (Å²) < 4.78 is 1.09. The summed E-state index contributed by atoms with van der Waals surface area (Å²) in [6.45, 7) is 0.529. The average Bonchev–Trinajstić information content (AvgIpc) is 2.40. The van der Waals surface area contributed by atoms with E-state index in [1.807, 2.05) is 24.3 Å². The summed E-state index contributed by atoms with van der Waals surface area (Å²) in [5.74, 6) is -0.922. The summed E-state index contributed by atoms with van der Waals surface area (Å²) in [7, 11) is 0. The summed E-state index contributed by atoms with van der Waals surface area (Å²) in [4.78, 5) is 10.9. The third-order valence-electron chi connectivity index (χ3n) is 2.59. The van der Waals surface area contributed by atoms with Crippen LogP contribution in [-0.2, 0) is 6.54 Å². The van der Waals surface area contributed by atoms with Gasteiger partial charge in [0.25, 0.3) is 0 Å². The van der Waals surface area contributed by atoms with E-state index in [1.165, 1.54) is 0 Å². The third-order valence-corrected chi connectivity index (χ3v) is 3.59. The standard InChI is InChI=1S/C14H11ClINO2/c15-12-5-4-11(16)7-13(12)17-8-9-2-1-3-10(6-9)14(18)19/h1-7,17H,8H2,(H,18,19). The van der Waals surface area contributed by atoms with Gasteiger partial charge in [0.05, 0.1) is 16.3 Å². The number of carbonyl (C=O) groups is 1. The van der Waals surface area contributed by atoms with Crippen molar-refractivity contribution in [1.82, 2.24) is 0 Å². The predicted molar refractivity (Wildman–Crippen MR) is 84.9 cm³/mol. The fourth-order valence-corrected chi connectivity index (χ4v) is 2.32. The lowest BCUT2D eigenvalue weighted by Crippen LogP contribution is -2.02. The summed E-state index contributed by atoms with van der Waals surface area (Å²) in [5.41, 5.74) is 2.03. The Hall–Kier alpha value is -1.27. The molecule has 3 nitrogen and oxygen atoms in total. The molecule has 0 aliphatic rings. The van der Waals surface area contributed by atoms with Crippen LogP contribution in [0.15, 0.2) is 42.5 Å². The number of hydrogen-bond acceptors (Lipinski definition) is 2. The Morgan fingerprint density at radius 2 is 2.05 bits per heavy atom. The number of nitrogens with one attached hydrogen (secondary N) is 1. The van der Waals surface area contributed by atoms with Crippen LogP contribution in [-0.4, -0.2) is 11.1 Å². The molecular weight excluding hydrogens is 377 g/mol. The number of hydrogen-bond donors (Lipinski definition) is 2. The molecule has 0 aliphatic carbocycles. The Bertz CT molecular complexity index is 616. The highest BCUT2D eigenvalue weighted by molar-refractivity contribution is 14.1. The van der Waals surface area contributed by atoms with E-state index in [-0.39, 0.29) is 5.56 Å². The first-order valence-electron chi connectivity index (χ1n) is 5.57. The van der Waals surface area contributed by atoms with Gasteiger partial charge in [-0.2, -0.15) is 0 Å². The van der Waals surface area contributed by atoms with E-state index in [9.17, 15) is 4.79 Å². The largest absolute Gasteiger partial charge is 0.478 e. The van der Waals surface area contributed by atoms with E-state index < -0.39 is 5.97 Å². The van der Waals surface area contributed by atoms with Crippen molar-refractivity contribution >= 4 is 45.8 Å². The average molecular weight is 388 g/mol. The summed E-state index contributed by atoms with van der Waals surface area (Å²) >= 11 is 8.30. The molecule has 0 fully saturated rings. The highest BCUT2D eigenvalue weighted by atomic mass is 127. The number of aromatic carboxylic acids is 1. The molecule has 2 N–H and O–H groups in total. The lowest BCUT2D eigenvalue weighted by Gasteiger charge is -2.09. The molecule has 0 aliphatic heterocycles. The van der Waals surface area contributed by atoms with Gasteiger partial charge >= 0.3 is 5.97 Å². The van der Waals surface area contributed by atoms with E-state index in [4.69, 9.17) is 16.7 Å². The van der Waals surface area contributed by atoms with Gasteiger partial charge in [0.2, 0.25) is 0 Å². The van der Waals surface area contributed by atoms with Gasteiger partial charge in [-0.15, -0.1) is 0 Å². The van der Waals surface area contributed by atoms with Crippen LogP contribution in [0.1, 0.15) is 15.9 Å². The summed E-state index contributed by atoms with van der Waals surface area (Å²) in [5, 5.41) is 12.8. The van der Waals surface area contributed by atoms with Crippen molar-refractivity contribution in [2.75, 3.05) is 5.32 Å². The van der Waals surface area contributed by atoms with Gasteiger partial charge in [-0.3, -0.25) is 0 Å². The summed E-state index contributed by atoms with van der Waals surface area (Å²) in [6, 6.07) is 12.5. The highest BCUT2D eigenvalue weighted by Gasteiger charge is 2.04. The maximum atomic E-state index is 10.9. The molecule has 0 amide bonds. The van der Waals surface area contributed by atoms with Crippen molar-refractivity contribution in [3.63, 3.8) is 0 Å². The molecule has 0 saturated heterocycles. The molecule has 2 aromatic rings. The van der Waals surface area contributed by atoms with E-state index in [1.54, 1.807) is 18.2 Å². The predicted octanol–water partition coefficient (Wildman–Crippen LogP) is 4.25. The molecule has 0 bridgehead atoms. The van der Waals surface area contributed by atoms with Crippen molar-refractivity contribution in [2.45, 2.75) is 6.54 Å². The number of halogens is 2. The molecule has 5 heteroatoms. The van der Waals surface area contributed by atoms with Gasteiger partial charge in [0.15, 0.2) is 0 Å². The normalized spacial score (nSPS) is 10.2. The third kappa shape index (κ3) is 3.84. The van der Waals surface area contributed by atoms with Crippen LogP contribution in [0.4, 0.5) is 5.69 Å². The number of anilines is 1. The Morgan fingerprint density at radius 1 is 1.26 bits per heavy atom. The Morgan fingerprint density at radius 3 is 2.79 bits per heavy atom. The first-order valence-corrected chi connectivity index (χ1v) is 7.03. The SMILES string of the molecule is O=C(O)c1cccc(CNc2cc(I)ccc2Cl)c1. The second-order valence-electron chi connectivity index (χ2n) is 3.98. The van der Waals surface area contributed by atoms with Crippen LogP contribution < -0.4 is 5.32 Å². The Labute approximate surface area is 129 Å². The zero-order valence-electron chi connectivity index (χ0n) is 9.86. The molecule has 0 spiro atoms. The maximum Gasteiger partial charge on any atom is 0.335 e. The van der Waals surface area contributed by atoms with Crippen molar-refractivity contribution in [2.24, 2.45) is 0 Å². The topological polar surface area (TPSA) is 49.3 Å². The molecule has 19 heavy (non-hydrogen) atoms. The Kier molecular flexibility index (Phi) is 4.66. The van der Waals surface area contributed by atoms with Crippen molar-refractivity contribution < 1.29 is 9.90 Å². The zero-order valence-corrected chi connectivity index (χ0v) is 12.8. The highest BCUT2D eigenvalue weighted by Crippen LogP contribution is 2.24. The molecule has 98 valence electrons. The minimum absolute atomic E-state index is 0.285. The van der Waals surface area contributed by atoms with Gasteiger partial charge in [0.1, 0.15) is 0 Å². The molecule has 0 atom stereocenters. The van der Waals surface area contributed by atoms with Gasteiger partial charge in [-0.25, -0.2) is 4.79 Å². The number of rotatable bonds is 4. The minimum atomic E-state index is -0.922. The first kappa shape index (κ1) is 14.1. The van der Waals surface area contributed by atoms with Crippen LogP contribution in [0.5, 0.6) is 0 Å². The van der Waals surface area contributed by atoms with Gasteiger partial charge < -0.3 is 10.4 Å². The lowest BCUT2D eigenvalue weighted by atomic mass is 10.1. The lowest BCUT2D eigenvalue weighted by molar-refractivity contribution is 0.0697. The number of carboxylic acids is 1. The van der Waals surface area contributed by atoms with E-state index in [0.717, 1.165) is 14.8 Å². The minimum Gasteiger partial charge on any atom is -0.478 e. The molecular formula is C14H11ClINO2. The molecule has 0 aromatic heterocycles. The monoisotopic (exact) mass is 387 g/mol. The van der Waals surface area contributed by atoms with Crippen LogP contribution in [0.25, 0.3) is 0 Å². The Balaban J connectivity index is 2.12. The van der Waals surface area contributed by atoms with Gasteiger partial charge in [0, 0.05) is 10.1 Å². The van der Waals surface area contributed by atoms with E-state index >= 15 is 0 Å². The maximum absolute atomic E-state index is 10.9. The first-order chi connectivity index (χ1) is 9.06. The smallest absolute Gasteiger partial charge is 0.335 e. The van der Waals surface area contributed by atoms with E-state index in [2.05, 4.69) is 27.9 Å². The number of carboxylic acid groups (broad SMARTS) is 1. The van der Waals surface area contributed by atoms with Gasteiger partial charge in [-0.1, -0.05) is 23.7 Å². The van der Waals surface area contributed by atoms with Crippen LogP contribution in [0.2, 0.25) is 5.02 Å². The van der Waals surface area contributed by atoms with Crippen molar-refractivity contribution in [3.8, 4) is 0 Å². The van der Waals surface area contributed by atoms with Crippen LogP contribution in [0.3, 0.4) is 0 Å². The molecule has 0 radical (unpaired) electrons. The van der Waals surface area contributed by atoms with Crippen LogP contribution >= 0.6 is 34.2 Å². The number of benzene rings is 2. The quantitative estimate of drug-likeness (QED) is 0.771. The molecule has 2 rings (SSSR count). The van der Waals surface area contributed by atoms with Gasteiger partial charge in [-0.05, 0) is 58.5 Å². The fraction of sp³-hybridized carbons (Fsp3) is 0.0714. The van der Waals surface area contributed by atoms with Crippen LogP contribution in [0, 0.1) is 3.57 Å². The second kappa shape index (κ2) is 6.25. The van der Waals surface area contributed by atoms with E-state index in [0.29, 0.717) is 11.6 Å². The zero-order chi connectivity index (χ0) is 13.8. The molecule has 0 heterocycles. The molecule has 0 saturated carbocycles. The van der Waals surface area contributed by atoms with Crippen molar-refractivity contribution in [3.05, 3.63) is 62.2 Å². The fourth-order valence-electron chi connectivity index (χ4n) is 1.64.